The fraction of sp³-hybridized carbons (Fsp3) is 0.353. The molecule has 0 saturated carbocycles. The van der Waals surface area contributed by atoms with Gasteiger partial charge in [-0.3, -0.25) is 4.79 Å². The maximum atomic E-state index is 11.5. The van der Waals surface area contributed by atoms with Crippen LogP contribution in [0.5, 0.6) is 0 Å². The lowest BCUT2D eigenvalue weighted by molar-refractivity contribution is -0.139. The summed E-state index contributed by atoms with van der Waals surface area (Å²) in [5, 5.41) is 4.05. The second-order valence-electron chi connectivity index (χ2n) is 5.35. The summed E-state index contributed by atoms with van der Waals surface area (Å²) in [6.07, 6.45) is 0. The minimum absolute atomic E-state index is 0.149. The molecule has 0 aliphatic heterocycles. The molecule has 0 fully saturated rings. The first-order chi connectivity index (χ1) is 11.4. The van der Waals surface area contributed by atoms with Crippen molar-refractivity contribution in [3.63, 3.8) is 0 Å². The third-order valence-electron chi connectivity index (χ3n) is 3.23. The topological polar surface area (TPSA) is 64.1 Å². The van der Waals surface area contributed by atoms with Gasteiger partial charge in [0, 0.05) is 11.8 Å². The number of anilines is 2. The molecule has 128 valence electrons. The van der Waals surface area contributed by atoms with E-state index in [4.69, 9.17) is 16.3 Å². The SMILES string of the molecule is CCOC(=O)CSc1nc(Cl)cc(Nc2c(C)cc(C)cc2C)n1. The fourth-order valence-electron chi connectivity index (χ4n) is 2.36. The van der Waals surface area contributed by atoms with Gasteiger partial charge >= 0.3 is 5.97 Å². The number of nitrogens with zero attached hydrogens (tertiary/aromatic N) is 2. The molecule has 2 aromatic rings. The number of carbonyl (C=O) groups excluding carboxylic acids is 1. The molecule has 1 aromatic heterocycles. The van der Waals surface area contributed by atoms with Crippen molar-refractivity contribution in [2.45, 2.75) is 32.9 Å². The van der Waals surface area contributed by atoms with Crippen LogP contribution in [0.4, 0.5) is 11.5 Å². The first-order valence-corrected chi connectivity index (χ1v) is 8.93. The van der Waals surface area contributed by atoms with E-state index in [-0.39, 0.29) is 11.7 Å². The Morgan fingerprint density at radius 2 is 1.88 bits per heavy atom. The highest BCUT2D eigenvalue weighted by atomic mass is 35.5. The Kier molecular flexibility index (Phi) is 6.45. The number of ether oxygens (including phenoxy) is 1. The highest BCUT2D eigenvalue weighted by molar-refractivity contribution is 7.99. The molecule has 0 bridgehead atoms. The van der Waals surface area contributed by atoms with Gasteiger partial charge in [-0.1, -0.05) is 41.1 Å². The quantitative estimate of drug-likeness (QED) is 0.353. The van der Waals surface area contributed by atoms with Crippen molar-refractivity contribution >= 4 is 40.8 Å². The number of rotatable bonds is 6. The van der Waals surface area contributed by atoms with Gasteiger partial charge in [0.15, 0.2) is 5.16 Å². The minimum atomic E-state index is -0.300. The lowest BCUT2D eigenvalue weighted by Gasteiger charge is -2.14. The standard InChI is InChI=1S/C17H20ClN3O2S/c1-5-23-15(22)9-24-17-19-13(18)8-14(21-17)20-16-11(3)6-10(2)7-12(16)4/h6-8H,5,9H2,1-4H3,(H,19,20,21). The number of nitrogens with one attached hydrogen (secondary N) is 1. The number of aromatic nitrogens is 2. The third kappa shape index (κ3) is 5.11. The van der Waals surface area contributed by atoms with E-state index < -0.39 is 0 Å². The van der Waals surface area contributed by atoms with Gasteiger partial charge in [-0.15, -0.1) is 0 Å². The summed E-state index contributed by atoms with van der Waals surface area (Å²) in [4.78, 5) is 20.0. The molecule has 0 atom stereocenters. The van der Waals surface area contributed by atoms with E-state index in [0.29, 0.717) is 22.7 Å². The van der Waals surface area contributed by atoms with Crippen molar-refractivity contribution in [3.8, 4) is 0 Å². The lowest BCUT2D eigenvalue weighted by Crippen LogP contribution is -2.07. The van der Waals surface area contributed by atoms with Gasteiger partial charge in [0.25, 0.3) is 0 Å². The molecular weight excluding hydrogens is 346 g/mol. The smallest absolute Gasteiger partial charge is 0.316 e. The number of aryl methyl sites for hydroxylation is 3. The second kappa shape index (κ2) is 8.35. The number of hydrogen-bond acceptors (Lipinski definition) is 6. The summed E-state index contributed by atoms with van der Waals surface area (Å²) in [6.45, 7) is 8.28. The molecule has 0 aliphatic rings. The van der Waals surface area contributed by atoms with Crippen molar-refractivity contribution in [1.82, 2.24) is 9.97 Å². The van der Waals surface area contributed by atoms with E-state index in [2.05, 4.69) is 34.3 Å². The Bertz CT molecular complexity index is 730. The van der Waals surface area contributed by atoms with Crippen molar-refractivity contribution < 1.29 is 9.53 Å². The maximum Gasteiger partial charge on any atom is 0.316 e. The van der Waals surface area contributed by atoms with Gasteiger partial charge in [0.1, 0.15) is 11.0 Å². The van der Waals surface area contributed by atoms with Crippen LogP contribution in [0.3, 0.4) is 0 Å². The van der Waals surface area contributed by atoms with Gasteiger partial charge in [-0.25, -0.2) is 9.97 Å². The van der Waals surface area contributed by atoms with Crippen LogP contribution in [-0.4, -0.2) is 28.3 Å². The molecule has 1 aromatic carbocycles. The van der Waals surface area contributed by atoms with Gasteiger partial charge in [0.2, 0.25) is 0 Å². The summed E-state index contributed by atoms with van der Waals surface area (Å²) in [7, 11) is 0. The second-order valence-corrected chi connectivity index (χ2v) is 6.68. The Labute approximate surface area is 151 Å². The van der Waals surface area contributed by atoms with Crippen LogP contribution in [0, 0.1) is 20.8 Å². The first kappa shape index (κ1) is 18.5. The number of halogens is 1. The summed E-state index contributed by atoms with van der Waals surface area (Å²) in [5.41, 5.74) is 4.46. The average Bonchev–Trinajstić information content (AvgIpc) is 2.49. The number of hydrogen-bond donors (Lipinski definition) is 1. The van der Waals surface area contributed by atoms with Crippen molar-refractivity contribution in [3.05, 3.63) is 40.0 Å². The third-order valence-corrected chi connectivity index (χ3v) is 4.24. The molecule has 1 heterocycles. The first-order valence-electron chi connectivity index (χ1n) is 7.57. The van der Waals surface area contributed by atoms with E-state index in [9.17, 15) is 4.79 Å². The zero-order chi connectivity index (χ0) is 17.7. The molecule has 0 amide bonds. The normalized spacial score (nSPS) is 10.5. The molecule has 24 heavy (non-hydrogen) atoms. The molecule has 0 unspecified atom stereocenters. The predicted octanol–water partition coefficient (Wildman–Crippen LogP) is 4.45. The number of esters is 1. The highest BCUT2D eigenvalue weighted by Crippen LogP contribution is 2.27. The largest absolute Gasteiger partial charge is 0.465 e. The summed E-state index contributed by atoms with van der Waals surface area (Å²) in [5.74, 6) is 0.443. The predicted molar refractivity (Wildman–Crippen MR) is 98.3 cm³/mol. The molecule has 7 heteroatoms. The van der Waals surface area contributed by atoms with Crippen LogP contribution in [0.1, 0.15) is 23.6 Å². The van der Waals surface area contributed by atoms with Crippen LogP contribution in [0.15, 0.2) is 23.4 Å². The summed E-state index contributed by atoms with van der Waals surface area (Å²) in [6, 6.07) is 5.87. The average molecular weight is 366 g/mol. The van der Waals surface area contributed by atoms with Crippen LogP contribution in [0.25, 0.3) is 0 Å². The van der Waals surface area contributed by atoms with Gasteiger partial charge in [-0.2, -0.15) is 0 Å². The van der Waals surface area contributed by atoms with Gasteiger partial charge in [-0.05, 0) is 38.8 Å². The Balaban J connectivity index is 2.18. The summed E-state index contributed by atoms with van der Waals surface area (Å²) >= 11 is 7.27. The van der Waals surface area contributed by atoms with E-state index in [0.717, 1.165) is 16.8 Å². The molecule has 0 saturated heterocycles. The molecule has 5 nitrogen and oxygen atoms in total. The van der Waals surface area contributed by atoms with E-state index in [1.165, 1.54) is 17.3 Å². The monoisotopic (exact) mass is 365 g/mol. The zero-order valence-corrected chi connectivity index (χ0v) is 15.7. The zero-order valence-electron chi connectivity index (χ0n) is 14.1. The Morgan fingerprint density at radius 1 is 1.21 bits per heavy atom. The fourth-order valence-corrected chi connectivity index (χ4v) is 3.25. The highest BCUT2D eigenvalue weighted by Gasteiger charge is 2.10. The number of carbonyl (C=O) groups is 1. The molecule has 1 N–H and O–H groups in total. The van der Waals surface area contributed by atoms with E-state index in [1.807, 2.05) is 13.8 Å². The van der Waals surface area contributed by atoms with E-state index in [1.54, 1.807) is 13.0 Å². The van der Waals surface area contributed by atoms with Crippen LogP contribution in [0.2, 0.25) is 5.15 Å². The number of benzene rings is 1. The van der Waals surface area contributed by atoms with Gasteiger partial charge in [0.05, 0.1) is 12.4 Å². The lowest BCUT2D eigenvalue weighted by atomic mass is 10.1. The molecule has 0 spiro atoms. The maximum absolute atomic E-state index is 11.5. The molecule has 0 radical (unpaired) electrons. The van der Waals surface area contributed by atoms with Gasteiger partial charge < -0.3 is 10.1 Å². The molecule has 0 aliphatic carbocycles. The Hall–Kier alpha value is -1.79. The van der Waals surface area contributed by atoms with Crippen molar-refractivity contribution in [2.24, 2.45) is 0 Å². The minimum Gasteiger partial charge on any atom is -0.465 e. The van der Waals surface area contributed by atoms with Crippen LogP contribution in [-0.2, 0) is 9.53 Å². The van der Waals surface area contributed by atoms with E-state index >= 15 is 0 Å². The number of thioether (sulfide) groups is 1. The van der Waals surface area contributed by atoms with Crippen LogP contribution >= 0.6 is 23.4 Å². The van der Waals surface area contributed by atoms with Crippen molar-refractivity contribution in [1.29, 1.82) is 0 Å². The molecule has 2 rings (SSSR count). The summed E-state index contributed by atoms with van der Waals surface area (Å²) < 4.78 is 4.90. The molecular formula is C17H20ClN3O2S. The van der Waals surface area contributed by atoms with Crippen molar-refractivity contribution in [2.75, 3.05) is 17.7 Å². The Morgan fingerprint density at radius 3 is 2.50 bits per heavy atom. The van der Waals surface area contributed by atoms with Crippen LogP contribution < -0.4 is 5.32 Å².